The third-order valence-corrected chi connectivity index (χ3v) is 3.11. The molecule has 6 heteroatoms. The summed E-state index contributed by atoms with van der Waals surface area (Å²) in [4.78, 5) is 10.1. The van der Waals surface area contributed by atoms with E-state index in [1.807, 2.05) is 17.8 Å². The summed E-state index contributed by atoms with van der Waals surface area (Å²) in [6.07, 6.45) is 4.24. The summed E-state index contributed by atoms with van der Waals surface area (Å²) in [7, 11) is 0. The van der Waals surface area contributed by atoms with E-state index in [0.29, 0.717) is 0 Å². The van der Waals surface area contributed by atoms with Gasteiger partial charge in [-0.15, -0.1) is 0 Å². The Balaban J connectivity index is 2.58. The minimum Gasteiger partial charge on any atom is -0.385 e. The number of nitrogens with zero attached hydrogens (tertiary/aromatic N) is 2. The predicted molar refractivity (Wildman–Crippen MR) is 73.9 cm³/mol. The normalized spacial score (nSPS) is 9.78. The molecule has 0 bridgehead atoms. The van der Waals surface area contributed by atoms with Crippen LogP contribution in [0.2, 0.25) is 0 Å². The van der Waals surface area contributed by atoms with Crippen molar-refractivity contribution in [2.24, 2.45) is 0 Å². The van der Waals surface area contributed by atoms with Gasteiger partial charge in [0, 0.05) is 18.3 Å². The Bertz CT molecular complexity index is 457. The number of hydrogen-bond donors (Lipinski definition) is 1. The van der Waals surface area contributed by atoms with Crippen LogP contribution in [0, 0.1) is 21.4 Å². The lowest BCUT2D eigenvalue weighted by Crippen LogP contribution is -2.03. The Morgan fingerprint density at radius 2 is 2.28 bits per heavy atom. The number of benzene rings is 1. The van der Waals surface area contributed by atoms with E-state index < -0.39 is 4.92 Å². The number of nitro benzene ring substituents is 1. The van der Waals surface area contributed by atoms with E-state index in [4.69, 9.17) is 5.26 Å². The smallest absolute Gasteiger partial charge is 0.287 e. The first-order valence-corrected chi connectivity index (χ1v) is 6.99. The summed E-state index contributed by atoms with van der Waals surface area (Å²) in [6.45, 7) is 0.809. The second-order valence-corrected chi connectivity index (χ2v) is 4.71. The van der Waals surface area contributed by atoms with Crippen molar-refractivity contribution in [2.75, 3.05) is 23.9 Å². The molecule has 1 aromatic carbocycles. The van der Waals surface area contributed by atoms with E-state index in [9.17, 15) is 10.1 Å². The number of unbranched alkanes of at least 4 members (excludes halogenated alkanes) is 1. The maximum Gasteiger partial charge on any atom is 0.287 e. The molecule has 0 fully saturated rings. The Labute approximate surface area is 110 Å². The fraction of sp³-hybridized carbons (Fsp3) is 0.417. The summed E-state index contributed by atoms with van der Waals surface area (Å²) < 4.78 is 0. The number of nitriles is 1. The molecule has 0 aliphatic rings. The van der Waals surface area contributed by atoms with Crippen LogP contribution in [0.15, 0.2) is 18.2 Å². The number of thioether (sulfide) groups is 1. The monoisotopic (exact) mass is 265 g/mol. The van der Waals surface area contributed by atoms with Crippen molar-refractivity contribution >= 4 is 23.1 Å². The van der Waals surface area contributed by atoms with Gasteiger partial charge in [0.15, 0.2) is 0 Å². The topological polar surface area (TPSA) is 79.0 Å². The number of rotatable bonds is 7. The number of nitrogens with one attached hydrogen (secondary N) is 1. The van der Waals surface area contributed by atoms with Crippen LogP contribution in [-0.4, -0.2) is 23.5 Å². The van der Waals surface area contributed by atoms with Gasteiger partial charge in [0.1, 0.15) is 11.6 Å². The predicted octanol–water partition coefficient (Wildman–Crippen LogP) is 3.02. The molecule has 1 aromatic rings. The first kappa shape index (κ1) is 14.3. The van der Waals surface area contributed by atoms with Gasteiger partial charge in [-0.3, -0.25) is 10.1 Å². The second kappa shape index (κ2) is 7.56. The first-order valence-electron chi connectivity index (χ1n) is 5.60. The van der Waals surface area contributed by atoms with Gasteiger partial charge in [0.25, 0.3) is 5.69 Å². The van der Waals surface area contributed by atoms with E-state index in [-0.39, 0.29) is 11.3 Å². The van der Waals surface area contributed by atoms with E-state index >= 15 is 0 Å². The Morgan fingerprint density at radius 1 is 1.50 bits per heavy atom. The third-order valence-electron chi connectivity index (χ3n) is 2.42. The zero-order valence-electron chi connectivity index (χ0n) is 10.2. The fourth-order valence-corrected chi connectivity index (χ4v) is 1.99. The molecule has 1 rings (SSSR count). The molecule has 0 aliphatic heterocycles. The highest BCUT2D eigenvalue weighted by molar-refractivity contribution is 7.98. The lowest BCUT2D eigenvalue weighted by molar-refractivity contribution is -0.385. The molecule has 0 aromatic heterocycles. The molecule has 5 nitrogen and oxygen atoms in total. The molecule has 18 heavy (non-hydrogen) atoms. The molecule has 1 N–H and O–H groups in total. The van der Waals surface area contributed by atoms with E-state index in [1.165, 1.54) is 12.1 Å². The Morgan fingerprint density at radius 3 is 2.89 bits per heavy atom. The van der Waals surface area contributed by atoms with Crippen molar-refractivity contribution in [1.82, 2.24) is 0 Å². The Kier molecular flexibility index (Phi) is 6.01. The fourth-order valence-electron chi connectivity index (χ4n) is 1.50. The summed E-state index contributed by atoms with van der Waals surface area (Å²) in [5, 5.41) is 22.7. The van der Waals surface area contributed by atoms with Gasteiger partial charge in [-0.1, -0.05) is 0 Å². The molecule has 0 heterocycles. The SMILES string of the molecule is CSCCCCNc1ccc([N+](=O)[O-])c(C#N)c1. The lowest BCUT2D eigenvalue weighted by Gasteiger charge is -2.06. The number of anilines is 1. The van der Waals surface area contributed by atoms with Crippen LogP contribution in [0.5, 0.6) is 0 Å². The molecule has 0 unspecified atom stereocenters. The summed E-state index contributed by atoms with van der Waals surface area (Å²) >= 11 is 1.81. The van der Waals surface area contributed by atoms with E-state index in [2.05, 4.69) is 11.6 Å². The molecule has 0 radical (unpaired) electrons. The molecule has 0 amide bonds. The quantitative estimate of drug-likeness (QED) is 0.465. The minimum atomic E-state index is -0.541. The zero-order chi connectivity index (χ0) is 13.4. The van der Waals surface area contributed by atoms with Crippen LogP contribution in [0.25, 0.3) is 0 Å². The highest BCUT2D eigenvalue weighted by Crippen LogP contribution is 2.21. The summed E-state index contributed by atoms with van der Waals surface area (Å²) in [5.41, 5.74) is 0.695. The van der Waals surface area contributed by atoms with Crippen LogP contribution >= 0.6 is 11.8 Å². The average Bonchev–Trinajstić information content (AvgIpc) is 2.38. The largest absolute Gasteiger partial charge is 0.385 e. The van der Waals surface area contributed by atoms with Crippen molar-refractivity contribution < 1.29 is 4.92 Å². The van der Waals surface area contributed by atoms with Crippen molar-refractivity contribution in [2.45, 2.75) is 12.8 Å². The summed E-state index contributed by atoms with van der Waals surface area (Å²) in [5.74, 6) is 1.13. The molecule has 0 saturated heterocycles. The molecular formula is C12H15N3O2S. The van der Waals surface area contributed by atoms with E-state index in [1.54, 1.807) is 6.07 Å². The second-order valence-electron chi connectivity index (χ2n) is 3.73. The average molecular weight is 265 g/mol. The first-order chi connectivity index (χ1) is 8.69. The molecule has 0 atom stereocenters. The van der Waals surface area contributed by atoms with Crippen LogP contribution in [0.3, 0.4) is 0 Å². The van der Waals surface area contributed by atoms with Gasteiger partial charge in [-0.05, 0) is 37.0 Å². The van der Waals surface area contributed by atoms with Crippen LogP contribution in [-0.2, 0) is 0 Å². The molecular weight excluding hydrogens is 250 g/mol. The number of nitro groups is 1. The lowest BCUT2D eigenvalue weighted by atomic mass is 10.1. The van der Waals surface area contributed by atoms with Crippen LogP contribution in [0.1, 0.15) is 18.4 Å². The van der Waals surface area contributed by atoms with Crippen molar-refractivity contribution in [3.8, 4) is 6.07 Å². The highest BCUT2D eigenvalue weighted by atomic mass is 32.2. The van der Waals surface area contributed by atoms with Crippen molar-refractivity contribution in [3.05, 3.63) is 33.9 Å². The van der Waals surface area contributed by atoms with E-state index in [0.717, 1.165) is 30.8 Å². The number of hydrogen-bond acceptors (Lipinski definition) is 5. The Hall–Kier alpha value is -1.74. The van der Waals surface area contributed by atoms with Gasteiger partial charge in [-0.25, -0.2) is 0 Å². The van der Waals surface area contributed by atoms with Gasteiger partial charge in [0.05, 0.1) is 4.92 Å². The minimum absolute atomic E-state index is 0.0918. The molecule has 0 saturated carbocycles. The van der Waals surface area contributed by atoms with Crippen LogP contribution in [0.4, 0.5) is 11.4 Å². The van der Waals surface area contributed by atoms with Crippen molar-refractivity contribution in [1.29, 1.82) is 5.26 Å². The molecule has 0 spiro atoms. The molecule has 0 aliphatic carbocycles. The van der Waals surface area contributed by atoms with Gasteiger partial charge >= 0.3 is 0 Å². The van der Waals surface area contributed by atoms with Crippen LogP contribution < -0.4 is 5.32 Å². The maximum absolute atomic E-state index is 10.7. The van der Waals surface area contributed by atoms with Gasteiger partial charge < -0.3 is 5.32 Å². The highest BCUT2D eigenvalue weighted by Gasteiger charge is 2.13. The standard InChI is InChI=1S/C12H15N3O2S/c1-18-7-3-2-6-14-11-4-5-12(15(16)17)10(8-11)9-13/h4-5,8,14H,2-3,6-7H2,1H3. The third kappa shape index (κ3) is 4.26. The zero-order valence-corrected chi connectivity index (χ0v) is 11.0. The maximum atomic E-state index is 10.7. The van der Waals surface area contributed by atoms with Gasteiger partial charge in [0.2, 0.25) is 0 Å². The van der Waals surface area contributed by atoms with Crippen molar-refractivity contribution in [3.63, 3.8) is 0 Å². The summed E-state index contributed by atoms with van der Waals surface area (Å²) in [6, 6.07) is 6.36. The molecule has 96 valence electrons. The van der Waals surface area contributed by atoms with Gasteiger partial charge in [-0.2, -0.15) is 17.0 Å².